The number of hydrogen-bond donors (Lipinski definition) is 1. The lowest BCUT2D eigenvalue weighted by atomic mass is 10.2. The zero-order valence-electron chi connectivity index (χ0n) is 12.4. The summed E-state index contributed by atoms with van der Waals surface area (Å²) in [5.74, 6) is 1.74. The summed E-state index contributed by atoms with van der Waals surface area (Å²) in [5.41, 5.74) is 1.31. The highest BCUT2D eigenvalue weighted by Gasteiger charge is 2.20. The van der Waals surface area contributed by atoms with Gasteiger partial charge in [0, 0.05) is 24.2 Å². The quantitative estimate of drug-likeness (QED) is 0.752. The van der Waals surface area contributed by atoms with Gasteiger partial charge in [0.15, 0.2) is 5.82 Å². The molecule has 0 saturated heterocycles. The maximum absolute atomic E-state index is 12.4. The molecule has 0 saturated carbocycles. The highest BCUT2D eigenvalue weighted by atomic mass is 35.5. The lowest BCUT2D eigenvalue weighted by Crippen LogP contribution is -2.11. The molecule has 2 aromatic heterocycles. The average molecular weight is 381 g/mol. The van der Waals surface area contributed by atoms with Crippen molar-refractivity contribution in [3.63, 3.8) is 0 Å². The van der Waals surface area contributed by atoms with Gasteiger partial charge in [0.1, 0.15) is 10.0 Å². The second-order valence-electron chi connectivity index (χ2n) is 5.44. The summed E-state index contributed by atoms with van der Waals surface area (Å²) in [6.45, 7) is 0.890. The molecular formula is C15H13ClN4O2S2. The van der Waals surface area contributed by atoms with Gasteiger partial charge in [-0.1, -0.05) is 23.7 Å². The fourth-order valence-electron chi connectivity index (χ4n) is 2.73. The van der Waals surface area contributed by atoms with E-state index in [1.807, 2.05) is 6.07 Å². The summed E-state index contributed by atoms with van der Waals surface area (Å²) in [6, 6.07) is 10.2. The third kappa shape index (κ3) is 2.81. The summed E-state index contributed by atoms with van der Waals surface area (Å²) in [6.07, 6.45) is 1.99. The molecule has 124 valence electrons. The molecule has 0 aliphatic carbocycles. The highest BCUT2D eigenvalue weighted by Crippen LogP contribution is 2.29. The van der Waals surface area contributed by atoms with Crippen LogP contribution in [0.2, 0.25) is 4.34 Å². The minimum absolute atomic E-state index is 0.182. The number of hydrogen-bond acceptors (Lipinski definition) is 5. The van der Waals surface area contributed by atoms with Gasteiger partial charge >= 0.3 is 0 Å². The fourth-order valence-corrected chi connectivity index (χ4v) is 5.27. The number of aromatic nitrogens is 3. The van der Waals surface area contributed by atoms with Gasteiger partial charge in [0.2, 0.25) is 0 Å². The van der Waals surface area contributed by atoms with E-state index in [1.165, 1.54) is 6.07 Å². The Morgan fingerprint density at radius 1 is 1.21 bits per heavy atom. The molecule has 0 atom stereocenters. The van der Waals surface area contributed by atoms with Crippen molar-refractivity contribution < 1.29 is 8.42 Å². The van der Waals surface area contributed by atoms with Gasteiger partial charge in [-0.25, -0.2) is 8.42 Å². The monoisotopic (exact) mass is 380 g/mol. The van der Waals surface area contributed by atoms with Crippen LogP contribution in [0.4, 0.5) is 5.69 Å². The van der Waals surface area contributed by atoms with E-state index in [0.29, 0.717) is 10.0 Å². The molecule has 3 heterocycles. The summed E-state index contributed by atoms with van der Waals surface area (Å²) in [5, 5.41) is 8.42. The maximum Gasteiger partial charge on any atom is 0.271 e. The molecule has 1 aliphatic rings. The number of fused-ring (bicyclic) bond motifs is 1. The molecule has 0 unspecified atom stereocenters. The molecule has 0 fully saturated rings. The van der Waals surface area contributed by atoms with E-state index >= 15 is 0 Å². The summed E-state index contributed by atoms with van der Waals surface area (Å²) >= 11 is 6.85. The number of nitrogens with zero attached hydrogens (tertiary/aromatic N) is 3. The van der Waals surface area contributed by atoms with E-state index in [0.717, 1.165) is 47.9 Å². The van der Waals surface area contributed by atoms with Crippen LogP contribution in [0.1, 0.15) is 12.2 Å². The summed E-state index contributed by atoms with van der Waals surface area (Å²) < 4.78 is 30.1. The fraction of sp³-hybridized carbons (Fsp3) is 0.200. The third-order valence-electron chi connectivity index (χ3n) is 3.80. The van der Waals surface area contributed by atoms with Crippen LogP contribution < -0.4 is 4.72 Å². The lowest BCUT2D eigenvalue weighted by molar-refractivity contribution is 0.603. The largest absolute Gasteiger partial charge is 0.311 e. The van der Waals surface area contributed by atoms with Crippen molar-refractivity contribution >= 4 is 38.6 Å². The van der Waals surface area contributed by atoms with Crippen LogP contribution in [0.5, 0.6) is 0 Å². The number of thiophene rings is 1. The molecule has 1 aromatic carbocycles. The van der Waals surface area contributed by atoms with Crippen LogP contribution in [0.25, 0.3) is 11.4 Å². The Morgan fingerprint density at radius 3 is 2.88 bits per heavy atom. The molecule has 24 heavy (non-hydrogen) atoms. The van der Waals surface area contributed by atoms with Crippen LogP contribution in [0.15, 0.2) is 40.6 Å². The van der Waals surface area contributed by atoms with E-state index in [9.17, 15) is 8.42 Å². The van der Waals surface area contributed by atoms with Crippen molar-refractivity contribution in [1.82, 2.24) is 14.8 Å². The lowest BCUT2D eigenvalue weighted by Gasteiger charge is -2.08. The van der Waals surface area contributed by atoms with E-state index in [1.54, 1.807) is 24.3 Å². The van der Waals surface area contributed by atoms with Crippen molar-refractivity contribution in [1.29, 1.82) is 0 Å². The van der Waals surface area contributed by atoms with Crippen molar-refractivity contribution in [3.8, 4) is 11.4 Å². The van der Waals surface area contributed by atoms with Crippen LogP contribution in [0.3, 0.4) is 0 Å². The molecule has 0 radical (unpaired) electrons. The molecule has 1 aliphatic heterocycles. The first-order valence-electron chi connectivity index (χ1n) is 7.34. The zero-order valence-corrected chi connectivity index (χ0v) is 14.8. The van der Waals surface area contributed by atoms with Crippen molar-refractivity contribution in [2.45, 2.75) is 23.6 Å². The Labute approximate surface area is 148 Å². The maximum atomic E-state index is 12.4. The average Bonchev–Trinajstić information content (AvgIpc) is 3.22. The molecule has 0 spiro atoms. The summed E-state index contributed by atoms with van der Waals surface area (Å²) in [4.78, 5) is 0. The molecule has 9 heteroatoms. The number of sulfonamides is 1. The van der Waals surface area contributed by atoms with Crippen molar-refractivity contribution in [2.24, 2.45) is 0 Å². The topological polar surface area (TPSA) is 76.9 Å². The molecule has 0 amide bonds. The number of halogens is 1. The smallest absolute Gasteiger partial charge is 0.271 e. The highest BCUT2D eigenvalue weighted by molar-refractivity contribution is 7.94. The van der Waals surface area contributed by atoms with Gasteiger partial charge < -0.3 is 4.57 Å². The normalized spacial score (nSPS) is 13.9. The Hall–Kier alpha value is -1.90. The predicted octanol–water partition coefficient (Wildman–Crippen LogP) is 3.41. The number of aryl methyl sites for hydroxylation is 1. The Kier molecular flexibility index (Phi) is 3.82. The Bertz CT molecular complexity index is 1010. The number of anilines is 1. The van der Waals surface area contributed by atoms with Gasteiger partial charge in [-0.3, -0.25) is 4.72 Å². The number of rotatable bonds is 4. The number of benzene rings is 1. The van der Waals surface area contributed by atoms with Crippen LogP contribution in [-0.4, -0.2) is 23.2 Å². The van der Waals surface area contributed by atoms with Gasteiger partial charge in [-0.05, 0) is 30.7 Å². The molecule has 3 aromatic rings. The Morgan fingerprint density at radius 2 is 2.08 bits per heavy atom. The predicted molar refractivity (Wildman–Crippen MR) is 93.9 cm³/mol. The summed E-state index contributed by atoms with van der Waals surface area (Å²) in [7, 11) is -3.65. The van der Waals surface area contributed by atoms with Crippen LogP contribution in [-0.2, 0) is 23.0 Å². The van der Waals surface area contributed by atoms with Crippen LogP contribution >= 0.6 is 22.9 Å². The molecule has 0 bridgehead atoms. The van der Waals surface area contributed by atoms with Gasteiger partial charge in [-0.15, -0.1) is 21.5 Å². The first-order valence-corrected chi connectivity index (χ1v) is 10.0. The first-order chi connectivity index (χ1) is 11.5. The van der Waals surface area contributed by atoms with Crippen LogP contribution in [0, 0.1) is 0 Å². The van der Waals surface area contributed by atoms with Crippen molar-refractivity contribution in [2.75, 3.05) is 4.72 Å². The third-order valence-corrected chi connectivity index (χ3v) is 6.90. The SMILES string of the molecule is O=S(=O)(Nc1cccc(-c2nnc3n2CCC3)c1)c1ccc(Cl)s1. The van der Waals surface area contributed by atoms with Gasteiger partial charge in [0.25, 0.3) is 10.0 Å². The molecule has 1 N–H and O–H groups in total. The number of nitrogens with one attached hydrogen (secondary N) is 1. The zero-order chi connectivity index (χ0) is 16.7. The minimum atomic E-state index is -3.65. The molecular weight excluding hydrogens is 368 g/mol. The standard InChI is InChI=1S/C15H13ClN4O2S2/c16-12-6-7-14(23-12)24(21,22)19-11-4-1-3-10(9-11)15-18-17-13-5-2-8-20(13)15/h1,3-4,6-7,9,19H,2,5,8H2. The van der Waals surface area contributed by atoms with E-state index in [2.05, 4.69) is 19.5 Å². The second kappa shape index (κ2) is 5.87. The van der Waals surface area contributed by atoms with Crippen molar-refractivity contribution in [3.05, 3.63) is 46.6 Å². The second-order valence-corrected chi connectivity index (χ2v) is 9.06. The van der Waals surface area contributed by atoms with E-state index in [-0.39, 0.29) is 4.21 Å². The van der Waals surface area contributed by atoms with Gasteiger partial charge in [-0.2, -0.15) is 0 Å². The van der Waals surface area contributed by atoms with E-state index < -0.39 is 10.0 Å². The Balaban J connectivity index is 1.66. The molecule has 6 nitrogen and oxygen atoms in total. The van der Waals surface area contributed by atoms with E-state index in [4.69, 9.17) is 11.6 Å². The minimum Gasteiger partial charge on any atom is -0.311 e. The molecule has 4 rings (SSSR count). The van der Waals surface area contributed by atoms with Gasteiger partial charge in [0.05, 0.1) is 4.34 Å². The first kappa shape index (κ1) is 15.6.